The van der Waals surface area contributed by atoms with Crippen LogP contribution < -0.4 is 10.2 Å². The number of pyridine rings is 1. The van der Waals surface area contributed by atoms with Gasteiger partial charge >= 0.3 is 0 Å². The number of hydrogen-bond donors (Lipinski definition) is 1. The molecule has 2 aromatic heterocycles. The smallest absolute Gasteiger partial charge is 0.244 e. The normalized spacial score (nSPS) is 15.1. The van der Waals surface area contributed by atoms with Crippen LogP contribution in [0.4, 0.5) is 17.5 Å². The first-order valence-corrected chi connectivity index (χ1v) is 11.8. The highest BCUT2D eigenvalue weighted by molar-refractivity contribution is 7.89. The number of rotatable bonds is 5. The van der Waals surface area contributed by atoms with Gasteiger partial charge in [0.2, 0.25) is 10.0 Å². The number of hydrogen-bond acceptors (Lipinski definition) is 7. The van der Waals surface area contributed by atoms with Crippen LogP contribution in [0.25, 0.3) is 0 Å². The predicted octanol–water partition coefficient (Wildman–Crippen LogP) is 3.74. The van der Waals surface area contributed by atoms with Crippen LogP contribution in [0.5, 0.6) is 0 Å². The van der Waals surface area contributed by atoms with Crippen molar-refractivity contribution >= 4 is 50.7 Å². The quantitative estimate of drug-likeness (QED) is 0.596. The van der Waals surface area contributed by atoms with Gasteiger partial charge in [-0.1, -0.05) is 29.3 Å². The largest absolute Gasteiger partial charge is 0.352 e. The lowest BCUT2D eigenvalue weighted by Gasteiger charge is -2.34. The molecule has 0 amide bonds. The lowest BCUT2D eigenvalue weighted by atomic mass is 10.3. The highest BCUT2D eigenvalue weighted by Crippen LogP contribution is 2.28. The van der Waals surface area contributed by atoms with Gasteiger partial charge in [0.25, 0.3) is 0 Å². The molecule has 11 heteroatoms. The van der Waals surface area contributed by atoms with Gasteiger partial charge in [-0.15, -0.1) is 10.2 Å². The summed E-state index contributed by atoms with van der Waals surface area (Å²) < 4.78 is 27.3. The molecule has 1 aliphatic rings. The van der Waals surface area contributed by atoms with E-state index in [1.807, 2.05) is 42.2 Å². The number of anilines is 3. The summed E-state index contributed by atoms with van der Waals surface area (Å²) in [4.78, 5) is 6.40. The summed E-state index contributed by atoms with van der Waals surface area (Å²) >= 11 is 12.1. The average Bonchev–Trinajstić information content (AvgIpc) is 2.76. The second-order valence-electron chi connectivity index (χ2n) is 7.03. The maximum absolute atomic E-state index is 13.0. The second kappa shape index (κ2) is 8.96. The van der Waals surface area contributed by atoms with E-state index in [0.29, 0.717) is 48.7 Å². The molecule has 0 aliphatic carbocycles. The van der Waals surface area contributed by atoms with Gasteiger partial charge < -0.3 is 10.2 Å². The molecule has 31 heavy (non-hydrogen) atoms. The number of aromatic nitrogens is 3. The molecule has 0 spiro atoms. The van der Waals surface area contributed by atoms with Crippen LogP contribution in [0.3, 0.4) is 0 Å². The first-order valence-electron chi connectivity index (χ1n) is 9.57. The van der Waals surface area contributed by atoms with Gasteiger partial charge in [0.05, 0.1) is 5.02 Å². The fourth-order valence-corrected chi connectivity index (χ4v) is 5.44. The third-order valence-corrected chi connectivity index (χ3v) is 7.48. The van der Waals surface area contributed by atoms with Gasteiger partial charge in [-0.3, -0.25) is 0 Å². The monoisotopic (exact) mass is 478 g/mol. The van der Waals surface area contributed by atoms with Gasteiger partial charge in [-0.05, 0) is 49.4 Å². The van der Waals surface area contributed by atoms with Crippen molar-refractivity contribution in [3.63, 3.8) is 0 Å². The van der Waals surface area contributed by atoms with Gasteiger partial charge in [-0.2, -0.15) is 4.31 Å². The van der Waals surface area contributed by atoms with Crippen molar-refractivity contribution in [1.29, 1.82) is 0 Å². The topological polar surface area (TPSA) is 91.3 Å². The van der Waals surface area contributed by atoms with Crippen LogP contribution in [0, 0.1) is 6.92 Å². The van der Waals surface area contributed by atoms with Crippen LogP contribution in [-0.4, -0.2) is 54.1 Å². The van der Waals surface area contributed by atoms with Crippen LogP contribution in [0.2, 0.25) is 10.0 Å². The lowest BCUT2D eigenvalue weighted by Crippen LogP contribution is -2.49. The molecule has 0 atom stereocenters. The van der Waals surface area contributed by atoms with Crippen molar-refractivity contribution in [2.75, 3.05) is 36.4 Å². The van der Waals surface area contributed by atoms with Crippen molar-refractivity contribution in [2.24, 2.45) is 0 Å². The summed E-state index contributed by atoms with van der Waals surface area (Å²) in [6, 6.07) is 13.8. The molecule has 1 aliphatic heterocycles. The Morgan fingerprint density at radius 2 is 1.71 bits per heavy atom. The van der Waals surface area contributed by atoms with Crippen molar-refractivity contribution < 1.29 is 8.42 Å². The van der Waals surface area contributed by atoms with Gasteiger partial charge in [0.15, 0.2) is 11.6 Å². The Labute approximate surface area is 190 Å². The van der Waals surface area contributed by atoms with Crippen molar-refractivity contribution in [2.45, 2.75) is 11.8 Å². The van der Waals surface area contributed by atoms with E-state index < -0.39 is 10.0 Å². The first kappa shape index (κ1) is 21.8. The zero-order chi connectivity index (χ0) is 22.0. The number of piperazine rings is 1. The minimum Gasteiger partial charge on any atom is -0.352 e. The summed E-state index contributed by atoms with van der Waals surface area (Å²) in [5, 5.41) is 12.1. The molecule has 1 N–H and O–H groups in total. The number of halogens is 2. The molecule has 0 radical (unpaired) electrons. The number of benzene rings is 1. The fourth-order valence-electron chi connectivity index (χ4n) is 3.28. The number of sulfonamides is 1. The fraction of sp³-hybridized carbons (Fsp3) is 0.250. The molecule has 0 saturated carbocycles. The van der Waals surface area contributed by atoms with Crippen molar-refractivity contribution in [1.82, 2.24) is 19.5 Å². The molecule has 1 aromatic carbocycles. The van der Waals surface area contributed by atoms with Crippen LogP contribution >= 0.6 is 23.2 Å². The van der Waals surface area contributed by atoms with Crippen molar-refractivity contribution in [3.05, 3.63) is 64.3 Å². The van der Waals surface area contributed by atoms with Crippen LogP contribution in [-0.2, 0) is 10.0 Å². The minimum absolute atomic E-state index is 0.0232. The van der Waals surface area contributed by atoms with E-state index in [1.54, 1.807) is 6.07 Å². The SMILES string of the molecule is Cc1cccc(Nc2ccc(N3CCN(S(=O)(=O)c4cc(Cl)ccc4Cl)CC3)nn2)n1. The standard InChI is InChI=1S/C20H20Cl2N6O2S/c1-14-3-2-4-18(23-14)24-19-7-8-20(26-25-19)27-9-11-28(12-10-27)31(29,30)17-13-15(21)5-6-16(17)22/h2-8,13H,9-12H2,1H3,(H,23,24,25). The molecule has 0 bridgehead atoms. The second-order valence-corrected chi connectivity index (χ2v) is 9.78. The molecule has 1 saturated heterocycles. The van der Waals surface area contributed by atoms with Crippen LogP contribution in [0.1, 0.15) is 5.69 Å². The maximum atomic E-state index is 13.0. The van der Waals surface area contributed by atoms with Gasteiger partial charge in [0.1, 0.15) is 10.7 Å². The van der Waals surface area contributed by atoms with Gasteiger partial charge in [-0.25, -0.2) is 13.4 Å². The molecule has 3 heterocycles. The Morgan fingerprint density at radius 3 is 2.39 bits per heavy atom. The van der Waals surface area contributed by atoms with E-state index in [2.05, 4.69) is 20.5 Å². The highest BCUT2D eigenvalue weighted by Gasteiger charge is 2.30. The first-order chi connectivity index (χ1) is 14.8. The van der Waals surface area contributed by atoms with Crippen LogP contribution in [0.15, 0.2) is 53.4 Å². The predicted molar refractivity (Wildman–Crippen MR) is 122 cm³/mol. The van der Waals surface area contributed by atoms with E-state index in [1.165, 1.54) is 16.4 Å². The minimum atomic E-state index is -3.73. The number of nitrogens with one attached hydrogen (secondary N) is 1. The summed E-state index contributed by atoms with van der Waals surface area (Å²) in [6.45, 7) is 3.50. The Kier molecular flexibility index (Phi) is 6.29. The Morgan fingerprint density at radius 1 is 0.935 bits per heavy atom. The average molecular weight is 479 g/mol. The molecule has 1 fully saturated rings. The summed E-state index contributed by atoms with van der Waals surface area (Å²) in [5.41, 5.74) is 0.904. The van der Waals surface area contributed by atoms with E-state index in [0.717, 1.165) is 5.69 Å². The molecule has 3 aromatic rings. The summed E-state index contributed by atoms with van der Waals surface area (Å²) in [7, 11) is -3.73. The molecule has 4 rings (SSSR count). The zero-order valence-electron chi connectivity index (χ0n) is 16.7. The lowest BCUT2D eigenvalue weighted by molar-refractivity contribution is 0.383. The zero-order valence-corrected chi connectivity index (χ0v) is 19.0. The molecule has 162 valence electrons. The molecular weight excluding hydrogens is 459 g/mol. The Balaban J connectivity index is 1.41. The third-order valence-electron chi connectivity index (χ3n) is 4.87. The van der Waals surface area contributed by atoms with E-state index in [9.17, 15) is 8.42 Å². The van der Waals surface area contributed by atoms with E-state index in [4.69, 9.17) is 23.2 Å². The molecular formula is C20H20Cl2N6O2S. The molecule has 8 nitrogen and oxygen atoms in total. The maximum Gasteiger partial charge on any atom is 0.244 e. The van der Waals surface area contributed by atoms with Crippen molar-refractivity contribution in [3.8, 4) is 0 Å². The Hall–Kier alpha value is -2.46. The number of nitrogens with zero attached hydrogens (tertiary/aromatic N) is 5. The summed E-state index contributed by atoms with van der Waals surface area (Å²) in [5.74, 6) is 1.96. The van der Waals surface area contributed by atoms with E-state index in [-0.39, 0.29) is 9.92 Å². The van der Waals surface area contributed by atoms with E-state index >= 15 is 0 Å². The molecule has 0 unspecified atom stereocenters. The van der Waals surface area contributed by atoms with Gasteiger partial charge in [0, 0.05) is 36.9 Å². The highest BCUT2D eigenvalue weighted by atomic mass is 35.5. The Bertz CT molecular complexity index is 1180. The third kappa shape index (κ3) is 4.90. The summed E-state index contributed by atoms with van der Waals surface area (Å²) in [6.07, 6.45) is 0. The number of aryl methyl sites for hydroxylation is 1.